The third-order valence-corrected chi connectivity index (χ3v) is 5.81. The Balaban J connectivity index is 1.44. The number of hydrogen-bond acceptors (Lipinski definition) is 6. The molecule has 0 aliphatic heterocycles. The lowest BCUT2D eigenvalue weighted by Crippen LogP contribution is -2.28. The third kappa shape index (κ3) is 4.04. The average Bonchev–Trinajstić information content (AvgIpc) is 3.35. The van der Waals surface area contributed by atoms with Crippen molar-refractivity contribution in [3.05, 3.63) is 60.2 Å². The zero-order chi connectivity index (χ0) is 21.1. The molecule has 4 rings (SSSR count). The van der Waals surface area contributed by atoms with Gasteiger partial charge in [0.15, 0.2) is 28.1 Å². The molecule has 0 aliphatic rings. The number of nitrogens with one attached hydrogen (secondary N) is 1. The van der Waals surface area contributed by atoms with Gasteiger partial charge in [-0.2, -0.15) is 0 Å². The summed E-state index contributed by atoms with van der Waals surface area (Å²) in [6.07, 6.45) is 0. The summed E-state index contributed by atoms with van der Waals surface area (Å²) in [5, 5.41) is 13.0. The van der Waals surface area contributed by atoms with Gasteiger partial charge in [-0.1, -0.05) is 54.2 Å². The number of furan rings is 1. The summed E-state index contributed by atoms with van der Waals surface area (Å²) in [6, 6.07) is 17.4. The van der Waals surface area contributed by atoms with Crippen molar-refractivity contribution in [2.45, 2.75) is 18.1 Å². The normalized spacial score (nSPS) is 12.1. The fourth-order valence-electron chi connectivity index (χ4n) is 3.20. The molecule has 0 fully saturated rings. The van der Waals surface area contributed by atoms with Crippen molar-refractivity contribution in [2.24, 2.45) is 7.05 Å². The molecule has 2 aromatic carbocycles. The van der Waals surface area contributed by atoms with Crippen LogP contribution in [-0.4, -0.2) is 33.5 Å². The highest BCUT2D eigenvalue weighted by molar-refractivity contribution is 7.99. The summed E-state index contributed by atoms with van der Waals surface area (Å²) in [4.78, 5) is 12.4. The SMILES string of the molecule is COc1cccc2cc(-c3nnc(SCC(=O)N[C@H](C)c4ccccc4)n3C)oc12. The Morgan fingerprint density at radius 3 is 2.77 bits per heavy atom. The van der Waals surface area contributed by atoms with Crippen molar-refractivity contribution in [3.8, 4) is 17.3 Å². The number of thioether (sulfide) groups is 1. The van der Waals surface area contributed by atoms with Crippen LogP contribution in [-0.2, 0) is 11.8 Å². The molecular weight excluding hydrogens is 400 g/mol. The topological polar surface area (TPSA) is 82.2 Å². The van der Waals surface area contributed by atoms with Gasteiger partial charge >= 0.3 is 0 Å². The van der Waals surface area contributed by atoms with Gasteiger partial charge in [-0.25, -0.2) is 0 Å². The maximum absolute atomic E-state index is 12.4. The molecule has 4 aromatic rings. The van der Waals surface area contributed by atoms with Gasteiger partial charge < -0.3 is 19.0 Å². The molecule has 0 saturated heterocycles. The van der Waals surface area contributed by atoms with Crippen LogP contribution in [0.4, 0.5) is 0 Å². The highest BCUT2D eigenvalue weighted by Gasteiger charge is 2.18. The number of carbonyl (C=O) groups excluding carboxylic acids is 1. The van der Waals surface area contributed by atoms with E-state index in [9.17, 15) is 4.79 Å². The lowest BCUT2D eigenvalue weighted by molar-refractivity contribution is -0.119. The van der Waals surface area contributed by atoms with Crippen molar-refractivity contribution in [1.29, 1.82) is 0 Å². The Kier molecular flexibility index (Phi) is 5.76. The fourth-order valence-corrected chi connectivity index (χ4v) is 3.92. The van der Waals surface area contributed by atoms with Crippen molar-refractivity contribution in [3.63, 3.8) is 0 Å². The van der Waals surface area contributed by atoms with E-state index in [1.54, 1.807) is 7.11 Å². The van der Waals surface area contributed by atoms with Crippen LogP contribution in [0.3, 0.4) is 0 Å². The number of amides is 1. The van der Waals surface area contributed by atoms with Crippen LogP contribution in [0.25, 0.3) is 22.6 Å². The van der Waals surface area contributed by atoms with E-state index in [2.05, 4.69) is 15.5 Å². The molecule has 8 heteroatoms. The molecule has 2 heterocycles. The molecule has 0 saturated carbocycles. The van der Waals surface area contributed by atoms with Crippen LogP contribution < -0.4 is 10.1 Å². The third-order valence-electron chi connectivity index (χ3n) is 4.79. The van der Waals surface area contributed by atoms with Crippen molar-refractivity contribution in [2.75, 3.05) is 12.9 Å². The second-order valence-electron chi connectivity index (χ2n) is 6.84. The lowest BCUT2D eigenvalue weighted by atomic mass is 10.1. The van der Waals surface area contributed by atoms with Crippen LogP contribution in [0.5, 0.6) is 5.75 Å². The predicted octanol–water partition coefficient (Wildman–Crippen LogP) is 4.21. The molecule has 2 aromatic heterocycles. The van der Waals surface area contributed by atoms with Gasteiger partial charge in [0, 0.05) is 12.4 Å². The van der Waals surface area contributed by atoms with E-state index in [1.807, 2.05) is 73.1 Å². The van der Waals surface area contributed by atoms with E-state index >= 15 is 0 Å². The van der Waals surface area contributed by atoms with Gasteiger partial charge in [0.05, 0.1) is 18.9 Å². The van der Waals surface area contributed by atoms with Crippen LogP contribution in [0.2, 0.25) is 0 Å². The maximum Gasteiger partial charge on any atom is 0.230 e. The Morgan fingerprint density at radius 1 is 1.20 bits per heavy atom. The number of ether oxygens (including phenoxy) is 1. The monoisotopic (exact) mass is 422 g/mol. The van der Waals surface area contributed by atoms with E-state index in [1.165, 1.54) is 11.8 Å². The van der Waals surface area contributed by atoms with Crippen molar-refractivity contribution in [1.82, 2.24) is 20.1 Å². The fraction of sp³-hybridized carbons (Fsp3) is 0.227. The molecule has 0 aliphatic carbocycles. The number of carbonyl (C=O) groups is 1. The number of hydrogen-bond donors (Lipinski definition) is 1. The molecule has 7 nitrogen and oxygen atoms in total. The summed E-state index contributed by atoms with van der Waals surface area (Å²) in [6.45, 7) is 1.97. The highest BCUT2D eigenvalue weighted by Crippen LogP contribution is 2.33. The molecular formula is C22H22N4O3S. The highest BCUT2D eigenvalue weighted by atomic mass is 32.2. The van der Waals surface area contributed by atoms with Crippen LogP contribution >= 0.6 is 11.8 Å². The van der Waals surface area contributed by atoms with Gasteiger partial charge in [-0.05, 0) is 24.6 Å². The van der Waals surface area contributed by atoms with Gasteiger partial charge in [0.25, 0.3) is 0 Å². The first-order chi connectivity index (χ1) is 14.6. The minimum absolute atomic E-state index is 0.0557. The van der Waals surface area contributed by atoms with E-state index < -0.39 is 0 Å². The van der Waals surface area contributed by atoms with E-state index in [0.29, 0.717) is 28.1 Å². The number of fused-ring (bicyclic) bond motifs is 1. The summed E-state index contributed by atoms with van der Waals surface area (Å²) in [7, 11) is 3.46. The second-order valence-corrected chi connectivity index (χ2v) is 7.79. The average molecular weight is 423 g/mol. The molecule has 0 unspecified atom stereocenters. The van der Waals surface area contributed by atoms with E-state index in [-0.39, 0.29) is 17.7 Å². The van der Waals surface area contributed by atoms with E-state index in [4.69, 9.17) is 9.15 Å². The van der Waals surface area contributed by atoms with Gasteiger partial charge in [0.2, 0.25) is 5.91 Å². The predicted molar refractivity (Wildman–Crippen MR) is 116 cm³/mol. The summed E-state index contributed by atoms with van der Waals surface area (Å²) < 4.78 is 13.1. The summed E-state index contributed by atoms with van der Waals surface area (Å²) in [5.74, 6) is 2.04. The molecule has 154 valence electrons. The Hall–Kier alpha value is -3.26. The number of rotatable bonds is 7. The first-order valence-corrected chi connectivity index (χ1v) is 10.5. The largest absolute Gasteiger partial charge is 0.493 e. The van der Waals surface area contributed by atoms with Gasteiger partial charge in [0.1, 0.15) is 0 Å². The standard InChI is InChI=1S/C22H22N4O3S/c1-14(15-8-5-4-6-9-15)23-19(27)13-30-22-25-24-21(26(22)2)18-12-16-10-7-11-17(28-3)20(16)29-18/h4-12,14H,13H2,1-3H3,(H,23,27)/t14-/m1/s1. The van der Waals surface area contributed by atoms with Crippen LogP contribution in [0, 0.1) is 0 Å². The van der Waals surface area contributed by atoms with Gasteiger partial charge in [-0.3, -0.25) is 4.79 Å². The maximum atomic E-state index is 12.4. The first-order valence-electron chi connectivity index (χ1n) is 9.50. The first kappa shape index (κ1) is 20.0. The lowest BCUT2D eigenvalue weighted by Gasteiger charge is -2.13. The van der Waals surface area contributed by atoms with E-state index in [0.717, 1.165) is 10.9 Å². The smallest absolute Gasteiger partial charge is 0.230 e. The Labute approximate surface area is 178 Å². The van der Waals surface area contributed by atoms with Crippen molar-refractivity contribution >= 4 is 28.6 Å². The number of aromatic nitrogens is 3. The molecule has 1 amide bonds. The molecule has 0 spiro atoms. The molecule has 30 heavy (non-hydrogen) atoms. The van der Waals surface area contributed by atoms with Crippen LogP contribution in [0.1, 0.15) is 18.5 Å². The molecule has 0 bridgehead atoms. The molecule has 0 radical (unpaired) electrons. The second kappa shape index (κ2) is 8.62. The summed E-state index contributed by atoms with van der Waals surface area (Å²) >= 11 is 1.33. The van der Waals surface area contributed by atoms with Gasteiger partial charge in [-0.15, -0.1) is 10.2 Å². The quantitative estimate of drug-likeness (QED) is 0.450. The number of para-hydroxylation sites is 1. The number of nitrogens with zero attached hydrogens (tertiary/aromatic N) is 3. The Morgan fingerprint density at radius 2 is 2.00 bits per heavy atom. The minimum Gasteiger partial charge on any atom is -0.493 e. The number of benzene rings is 2. The number of methoxy groups -OCH3 is 1. The molecule has 1 atom stereocenters. The zero-order valence-corrected chi connectivity index (χ0v) is 17.8. The Bertz CT molecular complexity index is 1170. The molecule has 1 N–H and O–H groups in total. The minimum atomic E-state index is -0.0608. The summed E-state index contributed by atoms with van der Waals surface area (Å²) in [5.41, 5.74) is 1.73. The zero-order valence-electron chi connectivity index (χ0n) is 17.0. The van der Waals surface area contributed by atoms with Crippen LogP contribution in [0.15, 0.2) is 64.2 Å². The van der Waals surface area contributed by atoms with Crippen molar-refractivity contribution < 1.29 is 13.9 Å².